The number of nitrogens with zero attached hydrogens (tertiary/aromatic N) is 2. The van der Waals surface area contributed by atoms with Gasteiger partial charge in [-0.3, -0.25) is 0 Å². The zero-order valence-electron chi connectivity index (χ0n) is 40.6. The van der Waals surface area contributed by atoms with Gasteiger partial charge < -0.3 is 9.80 Å². The molecule has 7 aromatic carbocycles. The van der Waals surface area contributed by atoms with E-state index in [0.717, 1.165) is 0 Å². The molecule has 1 fully saturated rings. The summed E-state index contributed by atoms with van der Waals surface area (Å²) in [5.74, 6) is 0.517. The molecule has 1 aliphatic carbocycles. The van der Waals surface area contributed by atoms with Gasteiger partial charge in [0.15, 0.2) is 0 Å². The van der Waals surface area contributed by atoms with Crippen LogP contribution in [0.15, 0.2) is 158 Å². The predicted molar refractivity (Wildman–Crippen MR) is 281 cm³/mol. The maximum Gasteiger partial charge on any atom is 0.252 e. The van der Waals surface area contributed by atoms with Gasteiger partial charge >= 0.3 is 0 Å². The molecule has 2 nitrogen and oxygen atoms in total. The second kappa shape index (κ2) is 16.0. The van der Waals surface area contributed by atoms with Gasteiger partial charge in [0.2, 0.25) is 0 Å². The van der Waals surface area contributed by atoms with E-state index in [1.165, 1.54) is 122 Å². The van der Waals surface area contributed by atoms with Crippen LogP contribution in [-0.4, -0.2) is 6.71 Å². The summed E-state index contributed by atoms with van der Waals surface area (Å²) in [6.07, 6.45) is 6.37. The van der Waals surface area contributed by atoms with Crippen molar-refractivity contribution in [1.82, 2.24) is 0 Å². The van der Waals surface area contributed by atoms with Crippen molar-refractivity contribution < 1.29 is 0 Å². The summed E-state index contributed by atoms with van der Waals surface area (Å²) in [7, 11) is 0. The van der Waals surface area contributed by atoms with E-state index in [-0.39, 0.29) is 28.4 Å². The van der Waals surface area contributed by atoms with E-state index in [0.29, 0.717) is 5.92 Å². The van der Waals surface area contributed by atoms with Crippen LogP contribution in [0.5, 0.6) is 0 Å². The van der Waals surface area contributed by atoms with Crippen LogP contribution in [0.4, 0.5) is 34.1 Å². The Morgan fingerprint density at radius 2 is 0.800 bits per heavy atom. The van der Waals surface area contributed by atoms with E-state index in [1.54, 1.807) is 0 Å². The van der Waals surface area contributed by atoms with Gasteiger partial charge in [0.25, 0.3) is 6.71 Å². The highest BCUT2D eigenvalue weighted by Crippen LogP contribution is 2.49. The van der Waals surface area contributed by atoms with Gasteiger partial charge in [-0.1, -0.05) is 198 Å². The molecule has 2 heterocycles. The Hall–Kier alpha value is -5.80. The molecule has 0 saturated heterocycles. The second-order valence-corrected chi connectivity index (χ2v) is 22.5. The number of benzene rings is 7. The molecule has 7 aromatic rings. The Morgan fingerprint density at radius 3 is 1.31 bits per heavy atom. The van der Waals surface area contributed by atoms with Gasteiger partial charge in [0.05, 0.1) is 0 Å². The molecule has 3 aliphatic rings. The molecule has 0 N–H and O–H groups in total. The second-order valence-electron chi connectivity index (χ2n) is 22.5. The zero-order chi connectivity index (χ0) is 45.5. The number of rotatable bonds is 7. The van der Waals surface area contributed by atoms with Crippen molar-refractivity contribution in [3.8, 4) is 0 Å². The zero-order valence-corrected chi connectivity index (χ0v) is 40.6. The number of hydrogen-bond acceptors (Lipinski definition) is 2. The Morgan fingerprint density at radius 1 is 0.385 bits per heavy atom. The van der Waals surface area contributed by atoms with Crippen LogP contribution in [0.25, 0.3) is 0 Å². The molecule has 1 saturated carbocycles. The van der Waals surface area contributed by atoms with E-state index in [4.69, 9.17) is 0 Å². The molecule has 328 valence electrons. The van der Waals surface area contributed by atoms with E-state index in [1.807, 2.05) is 0 Å². The van der Waals surface area contributed by atoms with Crippen LogP contribution in [0.3, 0.4) is 0 Å². The first-order valence-electron chi connectivity index (χ1n) is 24.4. The third-order valence-electron chi connectivity index (χ3n) is 15.5. The fourth-order valence-electron chi connectivity index (χ4n) is 11.3. The normalized spacial score (nSPS) is 15.4. The van der Waals surface area contributed by atoms with Crippen molar-refractivity contribution in [2.24, 2.45) is 0 Å². The summed E-state index contributed by atoms with van der Waals surface area (Å²) < 4.78 is 0. The van der Waals surface area contributed by atoms with Crippen molar-refractivity contribution >= 4 is 57.2 Å². The van der Waals surface area contributed by atoms with Crippen molar-refractivity contribution in [1.29, 1.82) is 0 Å². The first kappa shape index (κ1) is 43.1. The average molecular weight is 851 g/mol. The third kappa shape index (κ3) is 7.54. The quantitative estimate of drug-likeness (QED) is 0.147. The largest absolute Gasteiger partial charge is 0.311 e. The summed E-state index contributed by atoms with van der Waals surface area (Å²) >= 11 is 0. The molecule has 0 aromatic heterocycles. The van der Waals surface area contributed by atoms with E-state index >= 15 is 0 Å². The summed E-state index contributed by atoms with van der Waals surface area (Å²) in [4.78, 5) is 5.33. The molecule has 0 atom stereocenters. The molecule has 2 aliphatic heterocycles. The van der Waals surface area contributed by atoms with E-state index in [9.17, 15) is 0 Å². The van der Waals surface area contributed by atoms with Crippen LogP contribution in [0, 0.1) is 0 Å². The molecular formula is C62H67BN2. The van der Waals surface area contributed by atoms with Crippen molar-refractivity contribution in [3.63, 3.8) is 0 Å². The predicted octanol–water partition coefficient (Wildman–Crippen LogP) is 15.1. The number of anilines is 6. The molecule has 0 bridgehead atoms. The Kier molecular flexibility index (Phi) is 10.6. The monoisotopic (exact) mass is 851 g/mol. The van der Waals surface area contributed by atoms with Gasteiger partial charge in [-0.15, -0.1) is 0 Å². The Balaban J connectivity index is 1.29. The Bertz CT molecular complexity index is 2860. The minimum atomic E-state index is -0.202. The SMILES string of the molecule is CC(C)(C)c1cccc(N2c3cc(C(C)(C)c4ccccc4)ccc3B3c4ccc(C(C)(C)C)cc4N(c4cccc(C(C)(C)c5ccccc5)c4)c4cc(C5CCCCC5)cc2c43)c1. The van der Waals surface area contributed by atoms with Gasteiger partial charge in [-0.2, -0.15) is 0 Å². The first-order valence-corrected chi connectivity index (χ1v) is 24.4. The van der Waals surface area contributed by atoms with Crippen LogP contribution < -0.4 is 26.2 Å². The molecule has 10 rings (SSSR count). The molecular weight excluding hydrogens is 784 g/mol. The highest BCUT2D eigenvalue weighted by molar-refractivity contribution is 7.00. The molecule has 0 amide bonds. The number of fused-ring (bicyclic) bond motifs is 4. The topological polar surface area (TPSA) is 6.48 Å². The highest BCUT2D eigenvalue weighted by Gasteiger charge is 2.45. The summed E-state index contributed by atoms with van der Waals surface area (Å²) in [5, 5.41) is 0. The van der Waals surface area contributed by atoms with Crippen LogP contribution >= 0.6 is 0 Å². The summed E-state index contributed by atoms with van der Waals surface area (Å²) in [5.41, 5.74) is 20.8. The minimum Gasteiger partial charge on any atom is -0.311 e. The van der Waals surface area contributed by atoms with E-state index in [2.05, 4.69) is 237 Å². The minimum absolute atomic E-state index is 0.00325. The highest BCUT2D eigenvalue weighted by atomic mass is 15.2. The lowest BCUT2D eigenvalue weighted by molar-refractivity contribution is 0.444. The molecule has 3 heteroatoms. The van der Waals surface area contributed by atoms with Gasteiger partial charge in [0.1, 0.15) is 0 Å². The van der Waals surface area contributed by atoms with Crippen LogP contribution in [-0.2, 0) is 21.7 Å². The van der Waals surface area contributed by atoms with E-state index < -0.39 is 0 Å². The maximum absolute atomic E-state index is 2.67. The summed E-state index contributed by atoms with van der Waals surface area (Å²) in [6.45, 7) is 23.7. The Labute approximate surface area is 390 Å². The lowest BCUT2D eigenvalue weighted by atomic mass is 9.33. The maximum atomic E-state index is 2.67. The fraction of sp³-hybridized carbons (Fsp3) is 0.323. The van der Waals surface area contributed by atoms with Crippen molar-refractivity contribution in [2.45, 2.75) is 129 Å². The van der Waals surface area contributed by atoms with Gasteiger partial charge in [-0.05, 0) is 133 Å². The summed E-state index contributed by atoms with van der Waals surface area (Å²) in [6, 6.07) is 61.1. The molecule has 0 radical (unpaired) electrons. The van der Waals surface area contributed by atoms with Crippen LogP contribution in [0.1, 0.15) is 146 Å². The van der Waals surface area contributed by atoms with Gasteiger partial charge in [0, 0.05) is 45.0 Å². The lowest BCUT2D eigenvalue weighted by Gasteiger charge is -2.46. The smallest absolute Gasteiger partial charge is 0.252 e. The van der Waals surface area contributed by atoms with Crippen molar-refractivity contribution in [2.75, 3.05) is 9.80 Å². The van der Waals surface area contributed by atoms with Gasteiger partial charge in [-0.25, -0.2) is 0 Å². The molecule has 0 unspecified atom stereocenters. The first-order chi connectivity index (χ1) is 31.0. The average Bonchev–Trinajstić information content (AvgIpc) is 3.31. The molecule has 65 heavy (non-hydrogen) atoms. The fourth-order valence-corrected chi connectivity index (χ4v) is 11.3. The van der Waals surface area contributed by atoms with Crippen LogP contribution in [0.2, 0.25) is 0 Å². The lowest BCUT2D eigenvalue weighted by Crippen LogP contribution is -2.61. The standard InChI is InChI=1S/C62H67BN2/c1-59(2,3)46-28-20-30-50(38-46)64-55-41-49(62(9,10)45-26-18-13-19-27-45)33-35-53(55)63-52-34-32-47(60(4,5)6)40-54(52)65(57-37-43(36-56(64)58(57)63)42-22-14-11-15-23-42)51-31-21-29-48(39-51)61(7,8)44-24-16-12-17-25-44/h12-13,16-21,24-42H,11,14-15,22-23H2,1-10H3. The van der Waals surface area contributed by atoms with Crippen molar-refractivity contribution in [3.05, 3.63) is 197 Å². The molecule has 0 spiro atoms. The number of hydrogen-bond donors (Lipinski definition) is 0. The third-order valence-corrected chi connectivity index (χ3v) is 15.5.